The number of sulfonamides is 1. The Kier molecular flexibility index (Phi) is 4.88. The Morgan fingerprint density at radius 2 is 1.38 bits per heavy atom. The third-order valence-corrected chi connectivity index (χ3v) is 5.61. The molecule has 0 unspecified atom stereocenters. The number of carbonyl (C=O) groups is 2. The van der Waals surface area contributed by atoms with Gasteiger partial charge in [-0.2, -0.15) is 0 Å². The molecule has 2 aliphatic heterocycles. The maximum atomic E-state index is 12.4. The van der Waals surface area contributed by atoms with Crippen LogP contribution in [0.1, 0.15) is 19.8 Å². The molecular weight excluding hydrogens is 294 g/mol. The minimum atomic E-state index is -3.15. The van der Waals surface area contributed by atoms with Gasteiger partial charge < -0.3 is 9.80 Å². The maximum Gasteiger partial charge on any atom is 0.225 e. The zero-order chi connectivity index (χ0) is 15.6. The zero-order valence-electron chi connectivity index (χ0n) is 12.6. The van der Waals surface area contributed by atoms with Gasteiger partial charge in [0.15, 0.2) is 0 Å². The number of rotatable bonds is 2. The van der Waals surface area contributed by atoms with E-state index in [-0.39, 0.29) is 17.7 Å². The lowest BCUT2D eigenvalue weighted by atomic mass is 9.96. The Balaban J connectivity index is 1.84. The van der Waals surface area contributed by atoms with Crippen molar-refractivity contribution in [1.82, 2.24) is 14.1 Å². The van der Waals surface area contributed by atoms with Crippen molar-refractivity contribution in [1.29, 1.82) is 0 Å². The predicted octanol–water partition coefficient (Wildman–Crippen LogP) is -0.651. The van der Waals surface area contributed by atoms with E-state index in [9.17, 15) is 18.0 Å². The molecule has 21 heavy (non-hydrogen) atoms. The van der Waals surface area contributed by atoms with E-state index >= 15 is 0 Å². The van der Waals surface area contributed by atoms with Gasteiger partial charge in [0.1, 0.15) is 0 Å². The molecule has 0 N–H and O–H groups in total. The molecule has 2 saturated heterocycles. The van der Waals surface area contributed by atoms with E-state index in [1.807, 2.05) is 0 Å². The molecule has 2 fully saturated rings. The topological polar surface area (TPSA) is 78.0 Å². The smallest absolute Gasteiger partial charge is 0.225 e. The van der Waals surface area contributed by atoms with Gasteiger partial charge in [0.25, 0.3) is 0 Å². The van der Waals surface area contributed by atoms with Crippen LogP contribution in [0.25, 0.3) is 0 Å². The summed E-state index contributed by atoms with van der Waals surface area (Å²) in [6.45, 7) is 4.70. The van der Waals surface area contributed by atoms with E-state index in [4.69, 9.17) is 0 Å². The molecule has 0 atom stereocenters. The first-order chi connectivity index (χ1) is 9.79. The van der Waals surface area contributed by atoms with E-state index in [0.29, 0.717) is 52.1 Å². The molecule has 2 heterocycles. The second kappa shape index (κ2) is 6.31. The molecule has 0 radical (unpaired) electrons. The predicted molar refractivity (Wildman–Crippen MR) is 78.0 cm³/mol. The van der Waals surface area contributed by atoms with E-state index < -0.39 is 10.0 Å². The summed E-state index contributed by atoms with van der Waals surface area (Å²) in [7, 11) is -3.15. The van der Waals surface area contributed by atoms with Crippen LogP contribution in [-0.2, 0) is 19.6 Å². The van der Waals surface area contributed by atoms with Crippen molar-refractivity contribution in [2.75, 3.05) is 45.5 Å². The van der Waals surface area contributed by atoms with E-state index in [2.05, 4.69) is 0 Å². The first-order valence-corrected chi connectivity index (χ1v) is 9.13. The molecule has 2 amide bonds. The van der Waals surface area contributed by atoms with E-state index in [1.54, 1.807) is 16.7 Å². The van der Waals surface area contributed by atoms with Gasteiger partial charge in [0.2, 0.25) is 21.8 Å². The molecule has 0 aromatic heterocycles. The Hall–Kier alpha value is -1.15. The minimum absolute atomic E-state index is 0.0450. The summed E-state index contributed by atoms with van der Waals surface area (Å²) < 4.78 is 24.4. The molecule has 8 heteroatoms. The normalized spacial score (nSPS) is 22.4. The Bertz CT molecular complexity index is 504. The van der Waals surface area contributed by atoms with Crippen LogP contribution in [-0.4, -0.2) is 79.9 Å². The van der Waals surface area contributed by atoms with Gasteiger partial charge in [-0.05, 0) is 12.8 Å². The van der Waals surface area contributed by atoms with Crippen LogP contribution in [0.5, 0.6) is 0 Å². The first-order valence-electron chi connectivity index (χ1n) is 7.28. The van der Waals surface area contributed by atoms with Crippen molar-refractivity contribution < 1.29 is 18.0 Å². The molecule has 0 aromatic rings. The number of nitrogens with zero attached hydrogens (tertiary/aromatic N) is 3. The Morgan fingerprint density at radius 3 is 1.81 bits per heavy atom. The number of piperidine rings is 1. The van der Waals surface area contributed by atoms with Gasteiger partial charge in [-0.25, -0.2) is 12.7 Å². The third-order valence-electron chi connectivity index (χ3n) is 4.31. The molecule has 0 aliphatic carbocycles. The van der Waals surface area contributed by atoms with Crippen LogP contribution in [0.3, 0.4) is 0 Å². The number of hydrogen-bond donors (Lipinski definition) is 0. The fourth-order valence-corrected chi connectivity index (χ4v) is 3.81. The number of piperazine rings is 1. The van der Waals surface area contributed by atoms with Crippen molar-refractivity contribution >= 4 is 21.8 Å². The monoisotopic (exact) mass is 317 g/mol. The van der Waals surface area contributed by atoms with Crippen LogP contribution in [0, 0.1) is 5.92 Å². The number of hydrogen-bond acceptors (Lipinski definition) is 4. The molecule has 120 valence electrons. The molecule has 2 rings (SSSR count). The lowest BCUT2D eigenvalue weighted by molar-refractivity contribution is -0.142. The quantitative estimate of drug-likeness (QED) is 0.678. The lowest BCUT2D eigenvalue weighted by Gasteiger charge is -2.37. The molecule has 7 nitrogen and oxygen atoms in total. The van der Waals surface area contributed by atoms with Crippen molar-refractivity contribution in [2.24, 2.45) is 5.92 Å². The summed E-state index contributed by atoms with van der Waals surface area (Å²) in [5, 5.41) is 0. The summed E-state index contributed by atoms with van der Waals surface area (Å²) in [5.41, 5.74) is 0. The van der Waals surface area contributed by atoms with Crippen molar-refractivity contribution in [3.05, 3.63) is 0 Å². The summed E-state index contributed by atoms with van der Waals surface area (Å²) in [4.78, 5) is 27.3. The molecule has 2 aliphatic rings. The average molecular weight is 317 g/mol. The van der Waals surface area contributed by atoms with Gasteiger partial charge in [-0.15, -0.1) is 0 Å². The minimum Gasteiger partial charge on any atom is -0.339 e. The Labute approximate surface area is 125 Å². The largest absolute Gasteiger partial charge is 0.339 e. The molecule has 0 spiro atoms. The van der Waals surface area contributed by atoms with Crippen molar-refractivity contribution in [3.8, 4) is 0 Å². The van der Waals surface area contributed by atoms with E-state index in [1.165, 1.54) is 10.6 Å². The molecular formula is C13H23N3O4S. The van der Waals surface area contributed by atoms with Crippen molar-refractivity contribution in [3.63, 3.8) is 0 Å². The van der Waals surface area contributed by atoms with Crippen LogP contribution in [0.2, 0.25) is 0 Å². The molecule has 0 aromatic carbocycles. The van der Waals surface area contributed by atoms with Crippen LogP contribution in [0.15, 0.2) is 0 Å². The van der Waals surface area contributed by atoms with Crippen LogP contribution in [0.4, 0.5) is 0 Å². The van der Waals surface area contributed by atoms with Gasteiger partial charge in [0.05, 0.1) is 6.26 Å². The highest BCUT2D eigenvalue weighted by Crippen LogP contribution is 2.22. The second-order valence-electron chi connectivity index (χ2n) is 5.77. The summed E-state index contributed by atoms with van der Waals surface area (Å²) in [5.74, 6) is 0.0572. The summed E-state index contributed by atoms with van der Waals surface area (Å²) in [6, 6.07) is 0. The molecule has 0 bridgehead atoms. The van der Waals surface area contributed by atoms with Gasteiger partial charge in [-0.3, -0.25) is 9.59 Å². The summed E-state index contributed by atoms with van der Waals surface area (Å²) >= 11 is 0. The van der Waals surface area contributed by atoms with Crippen molar-refractivity contribution in [2.45, 2.75) is 19.8 Å². The molecule has 0 saturated carbocycles. The third kappa shape index (κ3) is 3.94. The van der Waals surface area contributed by atoms with Gasteiger partial charge in [-0.1, -0.05) is 0 Å². The zero-order valence-corrected chi connectivity index (χ0v) is 13.4. The second-order valence-corrected chi connectivity index (χ2v) is 7.75. The highest BCUT2D eigenvalue weighted by atomic mass is 32.2. The van der Waals surface area contributed by atoms with E-state index in [0.717, 1.165) is 0 Å². The highest BCUT2D eigenvalue weighted by Gasteiger charge is 2.32. The standard InChI is InChI=1S/C13H23N3O4S/c1-11(17)14-7-9-15(10-8-14)13(18)12-3-5-16(6-4-12)21(2,19)20/h12H,3-10H2,1-2H3. The fraction of sp³-hybridized carbons (Fsp3) is 0.846. The maximum absolute atomic E-state index is 12.4. The number of amides is 2. The average Bonchev–Trinajstić information content (AvgIpc) is 2.46. The van der Waals surface area contributed by atoms with Crippen LogP contribution >= 0.6 is 0 Å². The highest BCUT2D eigenvalue weighted by molar-refractivity contribution is 7.88. The first kappa shape index (κ1) is 16.2. The van der Waals surface area contributed by atoms with Gasteiger partial charge >= 0.3 is 0 Å². The number of carbonyl (C=O) groups excluding carboxylic acids is 2. The van der Waals surface area contributed by atoms with Crippen LogP contribution < -0.4 is 0 Å². The Morgan fingerprint density at radius 1 is 0.905 bits per heavy atom. The summed E-state index contributed by atoms with van der Waals surface area (Å²) in [6.07, 6.45) is 2.37. The van der Waals surface area contributed by atoms with Gasteiger partial charge in [0, 0.05) is 52.1 Å². The fourth-order valence-electron chi connectivity index (χ4n) is 2.93. The SMILES string of the molecule is CC(=O)N1CCN(C(=O)C2CCN(S(C)(=O)=O)CC2)CC1. The lowest BCUT2D eigenvalue weighted by Crippen LogP contribution is -2.52.